The molecule has 2 aromatic heterocycles. The Kier molecular flexibility index (Phi) is 6.16. The Morgan fingerprint density at radius 2 is 1.69 bits per heavy atom. The van der Waals surface area contributed by atoms with E-state index in [0.717, 1.165) is 28.7 Å². The number of halogens is 1. The Morgan fingerprint density at radius 3 is 2.48 bits per heavy atom. The van der Waals surface area contributed by atoms with Crippen LogP contribution < -0.4 is 4.74 Å². The van der Waals surface area contributed by atoms with Crippen molar-refractivity contribution in [3.8, 4) is 11.4 Å². The molecular formula is C22H19FN4OS. The van der Waals surface area contributed by atoms with Crippen LogP contribution in [0.4, 0.5) is 4.39 Å². The number of nitrogens with zero attached hydrogens (tertiary/aromatic N) is 4. The van der Waals surface area contributed by atoms with Crippen LogP contribution in [0.25, 0.3) is 5.69 Å². The molecule has 7 heteroatoms. The van der Waals surface area contributed by atoms with E-state index in [2.05, 4.69) is 15.2 Å². The monoisotopic (exact) mass is 406 g/mol. The Hall–Kier alpha value is -3.19. The van der Waals surface area contributed by atoms with Gasteiger partial charge in [0.2, 0.25) is 0 Å². The van der Waals surface area contributed by atoms with E-state index in [-0.39, 0.29) is 12.4 Å². The van der Waals surface area contributed by atoms with Crippen LogP contribution in [-0.2, 0) is 13.0 Å². The fraction of sp³-hybridized carbons (Fsp3) is 0.136. The number of para-hydroxylation sites is 2. The minimum atomic E-state index is -0.400. The molecule has 0 aliphatic rings. The Morgan fingerprint density at radius 1 is 0.897 bits per heavy atom. The van der Waals surface area contributed by atoms with Crippen molar-refractivity contribution in [2.75, 3.05) is 5.75 Å². The topological polar surface area (TPSA) is 52.8 Å². The van der Waals surface area contributed by atoms with Gasteiger partial charge in [0.1, 0.15) is 6.61 Å². The zero-order valence-corrected chi connectivity index (χ0v) is 16.4. The van der Waals surface area contributed by atoms with Crippen LogP contribution in [0.15, 0.2) is 84.1 Å². The maximum absolute atomic E-state index is 13.9. The molecule has 0 amide bonds. The van der Waals surface area contributed by atoms with Crippen molar-refractivity contribution in [3.05, 3.63) is 96.3 Å². The summed E-state index contributed by atoms with van der Waals surface area (Å²) in [5, 5.41) is 9.40. The van der Waals surface area contributed by atoms with Crippen molar-refractivity contribution in [3.63, 3.8) is 0 Å². The molecule has 0 spiro atoms. The zero-order chi connectivity index (χ0) is 19.9. The highest BCUT2D eigenvalue weighted by Crippen LogP contribution is 2.24. The molecule has 2 heterocycles. The number of thioether (sulfide) groups is 1. The largest absolute Gasteiger partial charge is 0.483 e. The number of benzene rings is 2. The smallest absolute Gasteiger partial charge is 0.195 e. The average molecular weight is 406 g/mol. The van der Waals surface area contributed by atoms with Crippen LogP contribution in [0.5, 0.6) is 5.75 Å². The number of hydrogen-bond donors (Lipinski definition) is 0. The summed E-state index contributed by atoms with van der Waals surface area (Å²) >= 11 is 1.60. The summed E-state index contributed by atoms with van der Waals surface area (Å²) in [6, 6.07) is 22.1. The molecule has 0 saturated heterocycles. The molecule has 0 fully saturated rings. The molecule has 0 N–H and O–H groups in total. The lowest BCUT2D eigenvalue weighted by atomic mass is 10.3. The third-order valence-corrected chi connectivity index (χ3v) is 5.15. The van der Waals surface area contributed by atoms with Gasteiger partial charge in [-0.05, 0) is 42.8 Å². The van der Waals surface area contributed by atoms with Crippen molar-refractivity contribution < 1.29 is 9.13 Å². The molecular weight excluding hydrogens is 387 g/mol. The second-order valence-corrected chi connectivity index (χ2v) is 7.27. The van der Waals surface area contributed by atoms with Crippen LogP contribution in [0.3, 0.4) is 0 Å². The van der Waals surface area contributed by atoms with Gasteiger partial charge < -0.3 is 4.74 Å². The first kappa shape index (κ1) is 19.1. The molecule has 4 aromatic rings. The number of aromatic nitrogens is 4. The van der Waals surface area contributed by atoms with Gasteiger partial charge in [-0.1, -0.05) is 48.2 Å². The molecule has 0 aliphatic heterocycles. The summed E-state index contributed by atoms with van der Waals surface area (Å²) in [6.07, 6.45) is 2.62. The van der Waals surface area contributed by atoms with E-state index in [1.807, 2.05) is 53.1 Å². The van der Waals surface area contributed by atoms with Crippen LogP contribution >= 0.6 is 11.8 Å². The predicted octanol–water partition coefficient (Wildman–Crippen LogP) is 4.72. The maximum atomic E-state index is 13.9. The number of rotatable bonds is 8. The third-order valence-electron chi connectivity index (χ3n) is 4.22. The molecule has 0 aliphatic carbocycles. The van der Waals surface area contributed by atoms with Gasteiger partial charge in [-0.2, -0.15) is 0 Å². The first-order valence-corrected chi connectivity index (χ1v) is 10.2. The van der Waals surface area contributed by atoms with Gasteiger partial charge in [-0.3, -0.25) is 9.55 Å². The Labute approximate surface area is 172 Å². The van der Waals surface area contributed by atoms with Gasteiger partial charge in [-0.25, -0.2) is 4.39 Å². The van der Waals surface area contributed by atoms with Crippen molar-refractivity contribution in [1.82, 2.24) is 19.7 Å². The zero-order valence-electron chi connectivity index (χ0n) is 15.6. The van der Waals surface area contributed by atoms with E-state index >= 15 is 0 Å². The van der Waals surface area contributed by atoms with Gasteiger partial charge in [0, 0.05) is 23.3 Å². The number of aryl methyl sites for hydroxylation is 1. The molecule has 0 radical (unpaired) electrons. The highest BCUT2D eigenvalue weighted by Gasteiger charge is 2.15. The van der Waals surface area contributed by atoms with E-state index in [9.17, 15) is 4.39 Å². The second kappa shape index (κ2) is 9.34. The fourth-order valence-corrected chi connectivity index (χ4v) is 3.75. The van der Waals surface area contributed by atoms with Crippen LogP contribution in [0.2, 0.25) is 0 Å². The maximum Gasteiger partial charge on any atom is 0.195 e. The Balaban J connectivity index is 1.53. The molecule has 2 aromatic carbocycles. The van der Waals surface area contributed by atoms with Gasteiger partial charge in [0.05, 0.1) is 0 Å². The summed E-state index contributed by atoms with van der Waals surface area (Å²) in [7, 11) is 0. The van der Waals surface area contributed by atoms with Gasteiger partial charge >= 0.3 is 0 Å². The quantitative estimate of drug-likeness (QED) is 0.397. The van der Waals surface area contributed by atoms with E-state index < -0.39 is 5.82 Å². The van der Waals surface area contributed by atoms with Crippen LogP contribution in [0, 0.1) is 5.82 Å². The number of ether oxygens (including phenoxy) is 1. The van der Waals surface area contributed by atoms with Crippen LogP contribution in [-0.4, -0.2) is 25.5 Å². The minimum absolute atomic E-state index is 0.115. The lowest BCUT2D eigenvalue weighted by molar-refractivity contribution is 0.278. The Bertz CT molecular complexity index is 1060. The van der Waals surface area contributed by atoms with Crippen molar-refractivity contribution >= 4 is 11.8 Å². The summed E-state index contributed by atoms with van der Waals surface area (Å²) in [4.78, 5) is 4.36. The molecule has 0 saturated carbocycles. The first-order chi connectivity index (χ1) is 14.3. The lowest BCUT2D eigenvalue weighted by Gasteiger charge is -2.11. The lowest BCUT2D eigenvalue weighted by Crippen LogP contribution is -2.07. The minimum Gasteiger partial charge on any atom is -0.483 e. The first-order valence-electron chi connectivity index (χ1n) is 9.21. The van der Waals surface area contributed by atoms with E-state index in [1.165, 1.54) is 6.07 Å². The number of pyridine rings is 1. The van der Waals surface area contributed by atoms with Crippen molar-refractivity contribution in [2.45, 2.75) is 18.2 Å². The third kappa shape index (κ3) is 4.81. The molecule has 5 nitrogen and oxygen atoms in total. The van der Waals surface area contributed by atoms with E-state index in [4.69, 9.17) is 4.74 Å². The molecule has 4 rings (SSSR count). The van der Waals surface area contributed by atoms with E-state index in [0.29, 0.717) is 5.82 Å². The number of hydrogen-bond acceptors (Lipinski definition) is 5. The SMILES string of the molecule is Fc1ccccc1OCc1nnc(SCCc2ccccn2)n1-c1ccccc1. The summed E-state index contributed by atoms with van der Waals surface area (Å²) in [6.45, 7) is 0.115. The molecule has 0 bridgehead atoms. The van der Waals surface area contributed by atoms with Gasteiger partial charge in [0.15, 0.2) is 22.5 Å². The highest BCUT2D eigenvalue weighted by atomic mass is 32.2. The predicted molar refractivity (Wildman–Crippen MR) is 111 cm³/mol. The average Bonchev–Trinajstić information content (AvgIpc) is 3.17. The standard InChI is InChI=1S/C22H19FN4OS/c23-19-11-4-5-12-20(19)28-16-21-25-26-22(27(21)18-9-2-1-3-10-18)29-15-13-17-8-6-7-14-24-17/h1-12,14H,13,15-16H2. The highest BCUT2D eigenvalue weighted by molar-refractivity contribution is 7.99. The fourth-order valence-electron chi connectivity index (χ4n) is 2.82. The molecule has 0 unspecified atom stereocenters. The van der Waals surface area contributed by atoms with E-state index in [1.54, 1.807) is 36.2 Å². The van der Waals surface area contributed by atoms with Crippen LogP contribution in [0.1, 0.15) is 11.5 Å². The summed E-state index contributed by atoms with van der Waals surface area (Å²) < 4.78 is 21.5. The van der Waals surface area contributed by atoms with Crippen molar-refractivity contribution in [1.29, 1.82) is 0 Å². The van der Waals surface area contributed by atoms with Gasteiger partial charge in [0.25, 0.3) is 0 Å². The second-order valence-electron chi connectivity index (χ2n) is 6.21. The summed E-state index contributed by atoms with van der Waals surface area (Å²) in [5.41, 5.74) is 1.97. The van der Waals surface area contributed by atoms with Gasteiger partial charge in [-0.15, -0.1) is 10.2 Å². The summed E-state index contributed by atoms with van der Waals surface area (Å²) in [5.74, 6) is 1.22. The normalized spacial score (nSPS) is 10.8. The molecule has 0 atom stereocenters. The molecule has 29 heavy (non-hydrogen) atoms. The molecule has 146 valence electrons. The van der Waals surface area contributed by atoms with Crippen molar-refractivity contribution in [2.24, 2.45) is 0 Å².